The van der Waals surface area contributed by atoms with Gasteiger partial charge in [0.05, 0.1) is 17.8 Å². The number of allylic oxidation sites excluding steroid dienone is 1. The van der Waals surface area contributed by atoms with Gasteiger partial charge in [-0.15, -0.1) is 0 Å². The molecule has 1 atom stereocenters. The number of nitriles is 1. The van der Waals surface area contributed by atoms with Gasteiger partial charge in [0.15, 0.2) is 4.91 Å². The SMILES string of the molecule is C[C@@H]1CCCN1CCCN1CCN(CCCOS(C)(=O)=O)/C1=C(/C#N)S(=O)(=O)c1ccccc1. The lowest BCUT2D eigenvalue weighted by Gasteiger charge is -2.27. The molecule has 188 valence electrons. The van der Waals surface area contributed by atoms with Crippen LogP contribution in [0.5, 0.6) is 0 Å². The van der Waals surface area contributed by atoms with Crippen LogP contribution in [0.2, 0.25) is 0 Å². The quantitative estimate of drug-likeness (QED) is 0.251. The summed E-state index contributed by atoms with van der Waals surface area (Å²) in [4.78, 5) is 6.11. The molecule has 0 radical (unpaired) electrons. The molecule has 1 aromatic carbocycles. The van der Waals surface area contributed by atoms with Crippen molar-refractivity contribution in [3.63, 3.8) is 0 Å². The molecule has 0 unspecified atom stereocenters. The van der Waals surface area contributed by atoms with Gasteiger partial charge < -0.3 is 14.7 Å². The van der Waals surface area contributed by atoms with Crippen LogP contribution in [0.4, 0.5) is 0 Å². The number of hydrogen-bond acceptors (Lipinski definition) is 9. The van der Waals surface area contributed by atoms with Gasteiger partial charge in [-0.1, -0.05) is 18.2 Å². The second kappa shape index (κ2) is 11.5. The van der Waals surface area contributed by atoms with Crippen molar-refractivity contribution in [1.82, 2.24) is 14.7 Å². The normalized spacial score (nSPS) is 21.1. The summed E-state index contributed by atoms with van der Waals surface area (Å²) in [5.41, 5.74) is 0. The number of benzene rings is 1. The zero-order valence-corrected chi connectivity index (χ0v) is 21.5. The molecule has 2 heterocycles. The minimum Gasteiger partial charge on any atom is -0.355 e. The van der Waals surface area contributed by atoms with E-state index in [1.807, 2.05) is 15.9 Å². The molecule has 2 fully saturated rings. The Balaban J connectivity index is 1.82. The lowest BCUT2D eigenvalue weighted by Crippen LogP contribution is -2.32. The average Bonchev–Trinajstić information content (AvgIpc) is 3.38. The number of nitrogens with zero attached hydrogens (tertiary/aromatic N) is 4. The minimum atomic E-state index is -4.01. The Kier molecular flexibility index (Phi) is 8.98. The van der Waals surface area contributed by atoms with Gasteiger partial charge in [-0.25, -0.2) is 8.42 Å². The van der Waals surface area contributed by atoms with Gasteiger partial charge in [-0.05, 0) is 51.3 Å². The molecule has 34 heavy (non-hydrogen) atoms. The predicted octanol–water partition coefficient (Wildman–Crippen LogP) is 2.01. The first-order valence-corrected chi connectivity index (χ1v) is 15.0. The van der Waals surface area contributed by atoms with E-state index in [-0.39, 0.29) is 16.4 Å². The Bertz CT molecular complexity index is 1110. The number of rotatable bonds is 11. The minimum absolute atomic E-state index is 0.00276. The summed E-state index contributed by atoms with van der Waals surface area (Å²) in [6.07, 6.45) is 4.65. The molecule has 0 spiro atoms. The molecule has 9 nitrogen and oxygen atoms in total. The molecular formula is C23H34N4O5S2. The lowest BCUT2D eigenvalue weighted by atomic mass is 10.2. The van der Waals surface area contributed by atoms with Gasteiger partial charge in [0, 0.05) is 38.8 Å². The van der Waals surface area contributed by atoms with Crippen LogP contribution in [0, 0.1) is 11.3 Å². The van der Waals surface area contributed by atoms with Crippen molar-refractivity contribution in [3.05, 3.63) is 41.1 Å². The van der Waals surface area contributed by atoms with Gasteiger partial charge in [0.25, 0.3) is 10.1 Å². The zero-order valence-electron chi connectivity index (χ0n) is 19.9. The van der Waals surface area contributed by atoms with Gasteiger partial charge in [0.1, 0.15) is 11.9 Å². The van der Waals surface area contributed by atoms with Crippen molar-refractivity contribution >= 4 is 20.0 Å². The fourth-order valence-electron chi connectivity index (χ4n) is 4.58. The van der Waals surface area contributed by atoms with Crippen molar-refractivity contribution in [2.24, 2.45) is 0 Å². The van der Waals surface area contributed by atoms with Crippen LogP contribution in [0.15, 0.2) is 46.0 Å². The van der Waals surface area contributed by atoms with E-state index in [1.54, 1.807) is 18.2 Å². The highest BCUT2D eigenvalue weighted by molar-refractivity contribution is 7.95. The summed E-state index contributed by atoms with van der Waals surface area (Å²) in [7, 11) is -7.55. The van der Waals surface area contributed by atoms with E-state index >= 15 is 0 Å². The third-order valence-corrected chi connectivity index (χ3v) is 8.60. The Labute approximate surface area is 203 Å². The largest absolute Gasteiger partial charge is 0.355 e. The van der Waals surface area contributed by atoms with E-state index in [9.17, 15) is 22.1 Å². The van der Waals surface area contributed by atoms with Crippen LogP contribution >= 0.6 is 0 Å². The van der Waals surface area contributed by atoms with Crippen molar-refractivity contribution < 1.29 is 21.0 Å². The van der Waals surface area contributed by atoms with Crippen molar-refractivity contribution in [2.45, 2.75) is 43.5 Å². The van der Waals surface area contributed by atoms with Crippen LogP contribution in [0.25, 0.3) is 0 Å². The Hall–Kier alpha value is -2.13. The molecule has 0 aliphatic carbocycles. The number of hydrogen-bond donors (Lipinski definition) is 0. The first kappa shape index (κ1) is 26.5. The zero-order chi connectivity index (χ0) is 24.8. The highest BCUT2D eigenvalue weighted by Crippen LogP contribution is 2.29. The molecule has 0 saturated carbocycles. The van der Waals surface area contributed by atoms with E-state index in [0.717, 1.165) is 25.8 Å². The van der Waals surface area contributed by atoms with Crippen molar-refractivity contribution in [2.75, 3.05) is 52.1 Å². The van der Waals surface area contributed by atoms with Gasteiger partial charge >= 0.3 is 0 Å². The topological polar surface area (TPSA) is 111 Å². The van der Waals surface area contributed by atoms with E-state index in [2.05, 4.69) is 11.8 Å². The second-order valence-electron chi connectivity index (χ2n) is 8.82. The highest BCUT2D eigenvalue weighted by atomic mass is 32.2. The van der Waals surface area contributed by atoms with E-state index in [1.165, 1.54) is 25.0 Å². The first-order valence-electron chi connectivity index (χ1n) is 11.7. The smallest absolute Gasteiger partial charge is 0.264 e. The number of likely N-dealkylation sites (tertiary alicyclic amines) is 1. The maximum Gasteiger partial charge on any atom is 0.264 e. The predicted molar refractivity (Wildman–Crippen MR) is 130 cm³/mol. The lowest BCUT2D eigenvalue weighted by molar-refractivity contribution is 0.243. The molecule has 2 saturated heterocycles. The monoisotopic (exact) mass is 510 g/mol. The molecule has 0 N–H and O–H groups in total. The third-order valence-electron chi connectivity index (χ3n) is 6.30. The third kappa shape index (κ3) is 6.72. The van der Waals surface area contributed by atoms with E-state index in [4.69, 9.17) is 4.18 Å². The summed E-state index contributed by atoms with van der Waals surface area (Å²) in [6, 6.07) is 10.5. The molecule has 1 aromatic rings. The molecule has 2 aliphatic heterocycles. The first-order chi connectivity index (χ1) is 16.1. The van der Waals surface area contributed by atoms with E-state index in [0.29, 0.717) is 44.5 Å². The summed E-state index contributed by atoms with van der Waals surface area (Å²) in [5.74, 6) is 0.403. The Morgan fingerprint density at radius 1 is 1.03 bits per heavy atom. The highest BCUT2D eigenvalue weighted by Gasteiger charge is 2.34. The molecule has 11 heteroatoms. The van der Waals surface area contributed by atoms with Crippen LogP contribution in [0.1, 0.15) is 32.6 Å². The van der Waals surface area contributed by atoms with Crippen molar-refractivity contribution in [1.29, 1.82) is 5.26 Å². The van der Waals surface area contributed by atoms with Gasteiger partial charge in [0.2, 0.25) is 9.84 Å². The Morgan fingerprint density at radius 3 is 2.24 bits per heavy atom. The summed E-state index contributed by atoms with van der Waals surface area (Å²) < 4.78 is 54.1. The van der Waals surface area contributed by atoms with Crippen LogP contribution < -0.4 is 0 Å². The fraction of sp³-hybridized carbons (Fsp3) is 0.609. The summed E-state index contributed by atoms with van der Waals surface area (Å²) in [6.45, 7) is 6.45. The molecular weight excluding hydrogens is 476 g/mol. The average molecular weight is 511 g/mol. The molecule has 0 aromatic heterocycles. The Morgan fingerprint density at radius 2 is 1.68 bits per heavy atom. The summed E-state index contributed by atoms with van der Waals surface area (Å²) in [5, 5.41) is 9.98. The molecule has 0 amide bonds. The number of sulfone groups is 1. The maximum atomic E-state index is 13.4. The van der Waals surface area contributed by atoms with Crippen LogP contribution in [0.3, 0.4) is 0 Å². The van der Waals surface area contributed by atoms with Crippen LogP contribution in [-0.2, 0) is 24.1 Å². The second-order valence-corrected chi connectivity index (χ2v) is 12.3. The van der Waals surface area contributed by atoms with Crippen LogP contribution in [-0.4, -0.2) is 89.7 Å². The van der Waals surface area contributed by atoms with E-state index < -0.39 is 20.0 Å². The van der Waals surface area contributed by atoms with Gasteiger partial charge in [-0.2, -0.15) is 13.7 Å². The fourth-order valence-corrected chi connectivity index (χ4v) is 6.37. The maximum absolute atomic E-state index is 13.4. The standard InChI is InChI=1S/C23H34N4O5S2/c1-20-9-6-12-25(20)13-7-14-26-16-17-27(15-8-18-32-33(2,28)29)23(26)22(19-24)34(30,31)21-10-4-3-5-11-21/h3-5,10-11,20H,6-9,12-18H2,1-2H3/b23-22-/t20-/m1/s1. The van der Waals surface area contributed by atoms with Crippen molar-refractivity contribution in [3.8, 4) is 6.07 Å². The molecule has 0 bridgehead atoms. The van der Waals surface area contributed by atoms with Gasteiger partial charge in [-0.3, -0.25) is 4.18 Å². The molecule has 3 rings (SSSR count). The molecule has 2 aliphatic rings. The summed E-state index contributed by atoms with van der Waals surface area (Å²) >= 11 is 0.